The lowest BCUT2D eigenvalue weighted by molar-refractivity contribution is -0.101. The molecule has 3 N–H and O–H groups in total. The lowest BCUT2D eigenvalue weighted by atomic mass is 10.0. The minimum atomic E-state index is 0.0818. The van der Waals surface area contributed by atoms with Crippen LogP contribution in [0.1, 0.15) is 12.5 Å². The second-order valence-corrected chi connectivity index (χ2v) is 4.43. The Balaban J connectivity index is 2.03. The van der Waals surface area contributed by atoms with Gasteiger partial charge in [0.05, 0.1) is 25.9 Å². The number of likely N-dealkylation sites (N-methyl/N-ethyl adjacent to an activating group) is 1. The maximum absolute atomic E-state index is 5.95. The van der Waals surface area contributed by atoms with Crippen LogP contribution in [0.15, 0.2) is 18.5 Å². The predicted octanol–water partition coefficient (Wildman–Crippen LogP) is 0.600. The van der Waals surface area contributed by atoms with Crippen molar-refractivity contribution in [2.75, 3.05) is 32.1 Å². The van der Waals surface area contributed by atoms with Gasteiger partial charge in [-0.25, -0.2) is 0 Å². The zero-order valence-corrected chi connectivity index (χ0v) is 10.8. The first kappa shape index (κ1) is 13.3. The summed E-state index contributed by atoms with van der Waals surface area (Å²) >= 11 is 0. The molecule has 2 rings (SSSR count). The number of rotatable bonds is 5. The fraction of sp³-hybridized carbons (Fsp3) is 0.615. The molecule has 0 amide bonds. The summed E-state index contributed by atoms with van der Waals surface area (Å²) in [6.45, 7) is 4.96. The van der Waals surface area contributed by atoms with E-state index < -0.39 is 0 Å². The van der Waals surface area contributed by atoms with Crippen LogP contribution in [0.5, 0.6) is 0 Å². The summed E-state index contributed by atoms with van der Waals surface area (Å²) in [6.07, 6.45) is 4.42. The van der Waals surface area contributed by atoms with E-state index in [-0.39, 0.29) is 12.1 Å². The Kier molecular flexibility index (Phi) is 4.92. The van der Waals surface area contributed by atoms with Gasteiger partial charge in [0.1, 0.15) is 0 Å². The largest absolute Gasteiger partial charge is 0.398 e. The van der Waals surface area contributed by atoms with Crippen molar-refractivity contribution in [1.29, 1.82) is 0 Å². The van der Waals surface area contributed by atoms with Crippen LogP contribution in [0, 0.1) is 0 Å². The van der Waals surface area contributed by atoms with Crippen LogP contribution < -0.4 is 11.1 Å². The summed E-state index contributed by atoms with van der Waals surface area (Å²) in [5.41, 5.74) is 7.79. The summed E-state index contributed by atoms with van der Waals surface area (Å²) in [5.74, 6) is 0. The topological polar surface area (TPSA) is 69.4 Å². The van der Waals surface area contributed by atoms with Gasteiger partial charge in [-0.05, 0) is 24.6 Å². The van der Waals surface area contributed by atoms with Crippen molar-refractivity contribution < 1.29 is 9.47 Å². The smallest absolute Gasteiger partial charge is 0.0965 e. The standard InChI is InChI=1S/C13H21N3O2/c1-2-16-12(13-9-17-5-6-18-13)7-10-8-15-4-3-11(10)14/h3-4,8,12-13,16H,2,5-7,9H2,1H3,(H2,14,15). The summed E-state index contributed by atoms with van der Waals surface area (Å²) in [5, 5.41) is 3.44. The summed E-state index contributed by atoms with van der Waals surface area (Å²) in [7, 11) is 0. The van der Waals surface area contributed by atoms with Gasteiger partial charge in [-0.2, -0.15) is 0 Å². The minimum absolute atomic E-state index is 0.0818. The van der Waals surface area contributed by atoms with Gasteiger partial charge in [-0.3, -0.25) is 4.98 Å². The SMILES string of the molecule is CCNC(Cc1cnccc1N)C1COCCO1. The van der Waals surface area contributed by atoms with E-state index in [1.54, 1.807) is 6.20 Å². The van der Waals surface area contributed by atoms with E-state index in [1.165, 1.54) is 0 Å². The van der Waals surface area contributed by atoms with Gasteiger partial charge in [0, 0.05) is 24.1 Å². The molecule has 0 bridgehead atoms. The number of anilines is 1. The average molecular weight is 251 g/mol. The molecule has 0 aliphatic carbocycles. The molecule has 1 aliphatic heterocycles. The molecule has 1 aromatic rings. The molecule has 5 heteroatoms. The Morgan fingerprint density at radius 2 is 2.44 bits per heavy atom. The number of hydrogen-bond donors (Lipinski definition) is 2. The zero-order chi connectivity index (χ0) is 12.8. The molecule has 0 aromatic carbocycles. The van der Waals surface area contributed by atoms with Crippen molar-refractivity contribution in [2.24, 2.45) is 0 Å². The number of ether oxygens (including phenoxy) is 2. The Bertz CT molecular complexity index is 367. The molecule has 1 fully saturated rings. The van der Waals surface area contributed by atoms with Crippen LogP contribution in [0.3, 0.4) is 0 Å². The van der Waals surface area contributed by atoms with Crippen molar-refractivity contribution in [2.45, 2.75) is 25.5 Å². The van der Waals surface area contributed by atoms with E-state index in [0.717, 1.165) is 24.2 Å². The van der Waals surface area contributed by atoms with Gasteiger partial charge < -0.3 is 20.5 Å². The molecular weight excluding hydrogens is 230 g/mol. The van der Waals surface area contributed by atoms with Crippen molar-refractivity contribution in [3.8, 4) is 0 Å². The maximum Gasteiger partial charge on any atom is 0.0965 e. The molecule has 2 atom stereocenters. The first-order chi connectivity index (χ1) is 8.81. The van der Waals surface area contributed by atoms with E-state index >= 15 is 0 Å². The van der Waals surface area contributed by atoms with Crippen LogP contribution >= 0.6 is 0 Å². The lowest BCUT2D eigenvalue weighted by Gasteiger charge is -2.31. The molecule has 2 heterocycles. The van der Waals surface area contributed by atoms with Crippen LogP contribution in [0.4, 0.5) is 5.69 Å². The average Bonchev–Trinajstić information content (AvgIpc) is 2.42. The zero-order valence-electron chi connectivity index (χ0n) is 10.8. The number of aromatic nitrogens is 1. The number of nitrogens with zero attached hydrogens (tertiary/aromatic N) is 1. The molecule has 0 saturated carbocycles. The Labute approximate surface area is 108 Å². The summed E-state index contributed by atoms with van der Waals surface area (Å²) in [6, 6.07) is 2.04. The molecule has 1 aliphatic rings. The Hall–Kier alpha value is -1.17. The second kappa shape index (κ2) is 6.68. The number of nitrogens with two attached hydrogens (primary N) is 1. The third-order valence-electron chi connectivity index (χ3n) is 3.14. The van der Waals surface area contributed by atoms with Crippen molar-refractivity contribution in [3.05, 3.63) is 24.0 Å². The molecule has 1 saturated heterocycles. The molecule has 0 radical (unpaired) electrons. The molecule has 5 nitrogen and oxygen atoms in total. The third kappa shape index (κ3) is 3.41. The quantitative estimate of drug-likeness (QED) is 0.802. The highest BCUT2D eigenvalue weighted by atomic mass is 16.6. The highest BCUT2D eigenvalue weighted by Gasteiger charge is 2.25. The van der Waals surface area contributed by atoms with Crippen molar-refractivity contribution in [3.63, 3.8) is 0 Å². The second-order valence-electron chi connectivity index (χ2n) is 4.43. The predicted molar refractivity (Wildman–Crippen MR) is 70.4 cm³/mol. The number of nitrogen functional groups attached to an aromatic ring is 1. The highest BCUT2D eigenvalue weighted by molar-refractivity contribution is 5.44. The Morgan fingerprint density at radius 1 is 1.56 bits per heavy atom. The fourth-order valence-electron chi connectivity index (χ4n) is 2.18. The molecule has 2 unspecified atom stereocenters. The lowest BCUT2D eigenvalue weighted by Crippen LogP contribution is -2.48. The number of nitrogens with one attached hydrogen (secondary N) is 1. The van der Waals surface area contributed by atoms with E-state index in [2.05, 4.69) is 17.2 Å². The maximum atomic E-state index is 5.95. The van der Waals surface area contributed by atoms with Gasteiger partial charge in [-0.15, -0.1) is 0 Å². The van der Waals surface area contributed by atoms with Crippen molar-refractivity contribution in [1.82, 2.24) is 10.3 Å². The summed E-state index contributed by atoms with van der Waals surface area (Å²) < 4.78 is 11.2. The third-order valence-corrected chi connectivity index (χ3v) is 3.14. The molecular formula is C13H21N3O2. The van der Waals surface area contributed by atoms with E-state index in [4.69, 9.17) is 15.2 Å². The molecule has 18 heavy (non-hydrogen) atoms. The first-order valence-corrected chi connectivity index (χ1v) is 6.42. The van der Waals surface area contributed by atoms with Gasteiger partial charge in [0.15, 0.2) is 0 Å². The van der Waals surface area contributed by atoms with Crippen LogP contribution in [0.2, 0.25) is 0 Å². The van der Waals surface area contributed by atoms with Crippen LogP contribution in [0.25, 0.3) is 0 Å². The van der Waals surface area contributed by atoms with Gasteiger partial charge in [0.2, 0.25) is 0 Å². The van der Waals surface area contributed by atoms with Crippen LogP contribution in [-0.2, 0) is 15.9 Å². The minimum Gasteiger partial charge on any atom is -0.398 e. The number of hydrogen-bond acceptors (Lipinski definition) is 5. The monoisotopic (exact) mass is 251 g/mol. The van der Waals surface area contributed by atoms with Gasteiger partial charge in [-0.1, -0.05) is 6.92 Å². The highest BCUT2D eigenvalue weighted by Crippen LogP contribution is 2.15. The molecule has 0 spiro atoms. The van der Waals surface area contributed by atoms with E-state index in [9.17, 15) is 0 Å². The summed E-state index contributed by atoms with van der Waals surface area (Å²) in [4.78, 5) is 4.12. The van der Waals surface area contributed by atoms with Crippen molar-refractivity contribution >= 4 is 5.69 Å². The van der Waals surface area contributed by atoms with E-state index in [1.807, 2.05) is 12.3 Å². The molecule has 1 aromatic heterocycles. The fourth-order valence-corrected chi connectivity index (χ4v) is 2.18. The number of pyridine rings is 1. The van der Waals surface area contributed by atoms with E-state index in [0.29, 0.717) is 19.8 Å². The van der Waals surface area contributed by atoms with Gasteiger partial charge in [0.25, 0.3) is 0 Å². The Morgan fingerprint density at radius 3 is 3.11 bits per heavy atom. The van der Waals surface area contributed by atoms with Gasteiger partial charge >= 0.3 is 0 Å². The molecule has 100 valence electrons. The first-order valence-electron chi connectivity index (χ1n) is 6.42. The van der Waals surface area contributed by atoms with Crippen LogP contribution in [-0.4, -0.2) is 43.5 Å². The normalized spacial score (nSPS) is 21.7.